The van der Waals surface area contributed by atoms with E-state index >= 15 is 0 Å². The van der Waals surface area contributed by atoms with Gasteiger partial charge in [-0.15, -0.1) is 0 Å². The maximum Gasteiger partial charge on any atom is 0.361 e. The predicted molar refractivity (Wildman–Crippen MR) is 285 cm³/mol. The molecule has 386 valence electrons. The van der Waals surface area contributed by atoms with Crippen molar-refractivity contribution < 1.29 is 42.9 Å². The summed E-state index contributed by atoms with van der Waals surface area (Å²) in [5.74, 6) is -2.06. The number of hydrogen-bond acceptors (Lipinski definition) is 7. The number of carboxylic acids is 1. The summed E-state index contributed by atoms with van der Waals surface area (Å²) >= 11 is 0. The number of nitrogens with zero attached hydrogens (tertiary/aromatic N) is 1. The first kappa shape index (κ1) is 64.0. The Morgan fingerprint density at radius 2 is 0.838 bits per heavy atom. The first-order valence-corrected chi connectivity index (χ1v) is 26.6. The van der Waals surface area contributed by atoms with Crippen molar-refractivity contribution in [3.63, 3.8) is 0 Å². The molecule has 0 radical (unpaired) electrons. The van der Waals surface area contributed by atoms with E-state index in [9.17, 15) is 19.5 Å². The lowest BCUT2D eigenvalue weighted by Crippen LogP contribution is -2.40. The minimum atomic E-state index is -1.52. The molecule has 2 unspecified atom stereocenters. The van der Waals surface area contributed by atoms with Gasteiger partial charge >= 0.3 is 17.9 Å². The van der Waals surface area contributed by atoms with Crippen LogP contribution in [0.1, 0.15) is 187 Å². The summed E-state index contributed by atoms with van der Waals surface area (Å²) in [6, 6.07) is 0. The number of carbonyl (C=O) groups is 3. The summed E-state index contributed by atoms with van der Waals surface area (Å²) in [6.45, 7) is 4.69. The average Bonchev–Trinajstić information content (AvgIpc) is 3.30. The number of carboxylic acid groups (broad SMARTS) is 1. The summed E-state index contributed by atoms with van der Waals surface area (Å²) in [6.07, 6.45) is 64.5. The third kappa shape index (κ3) is 49.8. The fourth-order valence-corrected chi connectivity index (χ4v) is 6.71. The summed E-state index contributed by atoms with van der Waals surface area (Å²) in [5, 5.41) is 9.66. The molecule has 0 aliphatic carbocycles. The number of carbonyl (C=O) groups excluding carboxylic acids is 2. The Kier molecular flexibility index (Phi) is 46.4. The Bertz CT molecular complexity index is 1480. The Morgan fingerprint density at radius 3 is 1.25 bits per heavy atom. The van der Waals surface area contributed by atoms with E-state index < -0.39 is 24.3 Å². The quantitative estimate of drug-likeness (QED) is 0.0211. The number of hydrogen-bond donors (Lipinski definition) is 1. The second kappa shape index (κ2) is 49.4. The Hall–Kier alpha value is -4.05. The number of quaternary nitrogens is 1. The fraction of sp³-hybridized carbons (Fsp3) is 0.644. The zero-order valence-electron chi connectivity index (χ0n) is 43.7. The predicted octanol–water partition coefficient (Wildman–Crippen LogP) is 15.2. The molecule has 0 spiro atoms. The van der Waals surface area contributed by atoms with Gasteiger partial charge in [-0.3, -0.25) is 9.59 Å². The SMILES string of the molecule is CC/C=C\C/C=C\C/C=C\C/C=C\C/C=C\C/C=C\C/C=C\C/C=C\C/C=C\CCCCCC(=O)OC(COC(=O)CCCCCCCCCCCCCC)COC(OCC[N+](C)(C)C)C(=O)O. The first-order valence-electron chi connectivity index (χ1n) is 26.6. The van der Waals surface area contributed by atoms with E-state index in [-0.39, 0.29) is 32.2 Å². The van der Waals surface area contributed by atoms with Gasteiger partial charge < -0.3 is 28.5 Å². The molecule has 2 atom stereocenters. The molecule has 0 aliphatic rings. The smallest absolute Gasteiger partial charge is 0.361 e. The van der Waals surface area contributed by atoms with Gasteiger partial charge in [0, 0.05) is 12.8 Å². The fourth-order valence-electron chi connectivity index (χ4n) is 6.71. The van der Waals surface area contributed by atoms with Crippen molar-refractivity contribution in [2.75, 3.05) is 47.5 Å². The minimum Gasteiger partial charge on any atom is -0.477 e. The van der Waals surface area contributed by atoms with E-state index in [0.717, 1.165) is 96.3 Å². The third-order valence-electron chi connectivity index (χ3n) is 10.8. The van der Waals surface area contributed by atoms with Crippen molar-refractivity contribution in [2.24, 2.45) is 0 Å². The lowest BCUT2D eigenvalue weighted by molar-refractivity contribution is -0.870. The van der Waals surface area contributed by atoms with Crippen molar-refractivity contribution in [1.82, 2.24) is 0 Å². The molecule has 0 amide bonds. The molecule has 0 rings (SSSR count). The molecule has 0 aliphatic heterocycles. The molecule has 0 saturated carbocycles. The molecular weight excluding hydrogens is 851 g/mol. The Morgan fingerprint density at radius 1 is 0.456 bits per heavy atom. The van der Waals surface area contributed by atoms with Gasteiger partial charge in [0.25, 0.3) is 6.29 Å². The van der Waals surface area contributed by atoms with Crippen molar-refractivity contribution >= 4 is 17.9 Å². The topological polar surface area (TPSA) is 108 Å². The molecule has 0 saturated heterocycles. The molecule has 68 heavy (non-hydrogen) atoms. The molecule has 0 bridgehead atoms. The molecule has 0 aromatic heterocycles. The number of allylic oxidation sites excluding steroid dienone is 18. The standard InChI is InChI=1S/C59H97NO8/c1-6-8-10-12-14-16-18-20-21-22-23-24-25-26-27-28-29-30-31-32-33-34-35-36-37-38-40-42-44-46-48-50-57(62)68-55(54-67-59(58(63)64)65-52-51-60(3,4)5)53-66-56(61)49-47-45-43-41-39-19-17-15-13-11-9-7-2/h8,10,14,16,20-21,23-24,26-27,29-30,32-33,35-36,38,40,55,59H,6-7,9,11-13,15,17-19,22,25,28,31,34,37,39,41-54H2,1-5H3/p+1/b10-8-,16-14-,21-20-,24-23-,27-26-,30-29-,33-32-,36-35-,40-38-. The zero-order valence-corrected chi connectivity index (χ0v) is 43.7. The van der Waals surface area contributed by atoms with Gasteiger partial charge in [-0.2, -0.15) is 0 Å². The van der Waals surface area contributed by atoms with Crippen LogP contribution in [0.2, 0.25) is 0 Å². The van der Waals surface area contributed by atoms with Gasteiger partial charge in [0.05, 0.1) is 34.4 Å². The van der Waals surface area contributed by atoms with E-state index in [1.54, 1.807) is 0 Å². The van der Waals surface area contributed by atoms with Crippen LogP contribution in [0.15, 0.2) is 109 Å². The monoisotopic (exact) mass is 949 g/mol. The normalized spacial score (nSPS) is 13.7. The maximum absolute atomic E-state index is 12.8. The number of esters is 2. The van der Waals surface area contributed by atoms with Crippen LogP contribution >= 0.6 is 0 Å². The second-order valence-corrected chi connectivity index (χ2v) is 18.5. The van der Waals surface area contributed by atoms with Crippen LogP contribution in [0.4, 0.5) is 0 Å². The number of unbranched alkanes of at least 4 members (excludes halogenated alkanes) is 14. The second-order valence-electron chi connectivity index (χ2n) is 18.5. The van der Waals surface area contributed by atoms with E-state index in [0.29, 0.717) is 23.9 Å². The van der Waals surface area contributed by atoms with Gasteiger partial charge in [0.2, 0.25) is 0 Å². The van der Waals surface area contributed by atoms with Gasteiger partial charge in [0.15, 0.2) is 6.10 Å². The highest BCUT2D eigenvalue weighted by Gasteiger charge is 2.25. The molecule has 1 N–H and O–H groups in total. The largest absolute Gasteiger partial charge is 0.477 e. The highest BCUT2D eigenvalue weighted by Crippen LogP contribution is 2.14. The molecule has 0 heterocycles. The average molecular weight is 949 g/mol. The van der Waals surface area contributed by atoms with Gasteiger partial charge in [-0.1, -0.05) is 200 Å². The third-order valence-corrected chi connectivity index (χ3v) is 10.8. The minimum absolute atomic E-state index is 0.176. The van der Waals surface area contributed by atoms with Crippen LogP contribution in [0.3, 0.4) is 0 Å². The van der Waals surface area contributed by atoms with E-state index in [4.69, 9.17) is 18.9 Å². The summed E-state index contributed by atoms with van der Waals surface area (Å²) in [7, 11) is 5.94. The van der Waals surface area contributed by atoms with Gasteiger partial charge in [0.1, 0.15) is 13.2 Å². The Labute approximate surface area is 415 Å². The number of aliphatic carboxylic acids is 1. The lowest BCUT2D eigenvalue weighted by Gasteiger charge is -2.25. The first-order chi connectivity index (χ1) is 33.1. The van der Waals surface area contributed by atoms with Crippen molar-refractivity contribution in [2.45, 2.75) is 200 Å². The van der Waals surface area contributed by atoms with Crippen LogP contribution in [0.25, 0.3) is 0 Å². The van der Waals surface area contributed by atoms with Crippen molar-refractivity contribution in [1.29, 1.82) is 0 Å². The van der Waals surface area contributed by atoms with E-state index in [2.05, 4.69) is 123 Å². The Balaban J connectivity index is 4.36. The summed E-state index contributed by atoms with van der Waals surface area (Å²) in [5.41, 5.74) is 0. The highest BCUT2D eigenvalue weighted by molar-refractivity contribution is 5.71. The van der Waals surface area contributed by atoms with E-state index in [1.165, 1.54) is 57.8 Å². The maximum atomic E-state index is 12.8. The highest BCUT2D eigenvalue weighted by atomic mass is 16.7. The van der Waals surface area contributed by atoms with Crippen molar-refractivity contribution in [3.8, 4) is 0 Å². The number of rotatable bonds is 47. The molecule has 9 nitrogen and oxygen atoms in total. The lowest BCUT2D eigenvalue weighted by atomic mass is 10.0. The van der Waals surface area contributed by atoms with Crippen molar-refractivity contribution in [3.05, 3.63) is 109 Å². The number of ether oxygens (including phenoxy) is 4. The van der Waals surface area contributed by atoms with E-state index in [1.807, 2.05) is 21.1 Å². The molecule has 9 heteroatoms. The molecule has 0 aromatic carbocycles. The van der Waals surface area contributed by atoms with Gasteiger partial charge in [-0.25, -0.2) is 4.79 Å². The number of likely N-dealkylation sites (N-methyl/N-ethyl adjacent to an activating group) is 1. The summed E-state index contributed by atoms with van der Waals surface area (Å²) < 4.78 is 22.7. The van der Waals surface area contributed by atoms with Crippen LogP contribution in [0, 0.1) is 0 Å². The van der Waals surface area contributed by atoms with Crippen LogP contribution in [-0.4, -0.2) is 87.4 Å². The van der Waals surface area contributed by atoms with Crippen LogP contribution in [-0.2, 0) is 33.3 Å². The molecular formula is C59H98NO8+. The van der Waals surface area contributed by atoms with Gasteiger partial charge in [-0.05, 0) is 83.5 Å². The van der Waals surface area contributed by atoms with Crippen LogP contribution < -0.4 is 0 Å². The zero-order chi connectivity index (χ0) is 49.9. The molecule has 0 fully saturated rings. The molecule has 0 aromatic rings. The van der Waals surface area contributed by atoms with Crippen LogP contribution in [0.5, 0.6) is 0 Å². The summed E-state index contributed by atoms with van der Waals surface area (Å²) in [4.78, 5) is 37.2.